The zero-order chi connectivity index (χ0) is 13.9. The molecule has 1 atom stereocenters. The quantitative estimate of drug-likeness (QED) is 0.941. The molecule has 1 aromatic heterocycles. The van der Waals surface area contributed by atoms with E-state index in [0.717, 1.165) is 36.2 Å². The van der Waals surface area contributed by atoms with Gasteiger partial charge in [0.2, 0.25) is 5.89 Å². The van der Waals surface area contributed by atoms with Crippen molar-refractivity contribution in [1.29, 1.82) is 0 Å². The molecule has 3 rings (SSSR count). The molecule has 2 aromatic rings. The van der Waals surface area contributed by atoms with E-state index < -0.39 is 0 Å². The summed E-state index contributed by atoms with van der Waals surface area (Å²) in [5, 5.41) is 7.52. The highest BCUT2D eigenvalue weighted by Crippen LogP contribution is 2.21. The highest BCUT2D eigenvalue weighted by molar-refractivity contribution is 7.99. The minimum Gasteiger partial charge on any atom is -0.338 e. The molecule has 0 aliphatic carbocycles. The lowest BCUT2D eigenvalue weighted by Crippen LogP contribution is -2.30. The summed E-state index contributed by atoms with van der Waals surface area (Å²) in [7, 11) is 0. The molecular weight excluding hydrogens is 270 g/mol. The number of aryl methyl sites for hydroxylation is 2. The number of thioether (sulfide) groups is 1. The number of rotatable bonds is 3. The number of benzene rings is 1. The highest BCUT2D eigenvalue weighted by Gasteiger charge is 2.21. The first-order valence-electron chi connectivity index (χ1n) is 6.91. The van der Waals surface area contributed by atoms with Crippen LogP contribution in [0.2, 0.25) is 0 Å². The van der Waals surface area contributed by atoms with Gasteiger partial charge >= 0.3 is 0 Å². The van der Waals surface area contributed by atoms with E-state index in [9.17, 15) is 0 Å². The summed E-state index contributed by atoms with van der Waals surface area (Å²) in [5.41, 5.74) is 3.78. The van der Waals surface area contributed by atoms with E-state index in [1.807, 2.05) is 11.8 Å². The van der Waals surface area contributed by atoms with Gasteiger partial charge in [-0.15, -0.1) is 0 Å². The van der Waals surface area contributed by atoms with Crippen LogP contribution in [0.5, 0.6) is 0 Å². The van der Waals surface area contributed by atoms with Gasteiger partial charge in [-0.25, -0.2) is 0 Å². The van der Waals surface area contributed by atoms with E-state index >= 15 is 0 Å². The highest BCUT2D eigenvalue weighted by atomic mass is 32.2. The van der Waals surface area contributed by atoms with E-state index in [1.54, 1.807) is 0 Å². The van der Waals surface area contributed by atoms with Crippen LogP contribution >= 0.6 is 11.8 Å². The molecule has 0 radical (unpaired) electrons. The van der Waals surface area contributed by atoms with E-state index in [2.05, 4.69) is 47.5 Å². The molecule has 20 heavy (non-hydrogen) atoms. The number of hydrogen-bond donors (Lipinski definition) is 1. The smallest absolute Gasteiger partial charge is 0.244 e. The molecular formula is C15H19N3OS. The SMILES string of the molecule is Cc1cc(C)cc(Cc2noc(C3CSCCN3)n2)c1. The molecule has 1 aliphatic rings. The van der Waals surface area contributed by atoms with Gasteiger partial charge < -0.3 is 9.84 Å². The number of aromatic nitrogens is 2. The van der Waals surface area contributed by atoms with Crippen LogP contribution in [0.3, 0.4) is 0 Å². The monoisotopic (exact) mass is 289 g/mol. The van der Waals surface area contributed by atoms with E-state index in [4.69, 9.17) is 4.52 Å². The third-order valence-electron chi connectivity index (χ3n) is 3.35. The molecule has 1 saturated heterocycles. The first-order valence-corrected chi connectivity index (χ1v) is 8.07. The average Bonchev–Trinajstić information content (AvgIpc) is 2.87. The first kappa shape index (κ1) is 13.6. The molecule has 1 fully saturated rings. The fourth-order valence-electron chi connectivity index (χ4n) is 2.56. The van der Waals surface area contributed by atoms with Gasteiger partial charge in [-0.1, -0.05) is 34.5 Å². The first-order chi connectivity index (χ1) is 9.70. The molecule has 1 aliphatic heterocycles. The third-order valence-corrected chi connectivity index (χ3v) is 4.41. The molecule has 5 heteroatoms. The molecule has 106 valence electrons. The molecule has 1 unspecified atom stereocenters. The van der Waals surface area contributed by atoms with Crippen molar-refractivity contribution in [3.05, 3.63) is 46.6 Å². The second kappa shape index (κ2) is 5.97. The Balaban J connectivity index is 1.73. The maximum Gasteiger partial charge on any atom is 0.244 e. The predicted molar refractivity (Wildman–Crippen MR) is 81.1 cm³/mol. The van der Waals surface area contributed by atoms with E-state index in [1.165, 1.54) is 16.7 Å². The number of nitrogens with one attached hydrogen (secondary N) is 1. The molecule has 2 heterocycles. The second-order valence-electron chi connectivity index (χ2n) is 5.30. The fourth-order valence-corrected chi connectivity index (χ4v) is 3.48. The van der Waals surface area contributed by atoms with Crippen molar-refractivity contribution in [2.45, 2.75) is 26.3 Å². The lowest BCUT2D eigenvalue weighted by Gasteiger charge is -2.19. The maximum absolute atomic E-state index is 5.40. The van der Waals surface area contributed by atoms with E-state index in [0.29, 0.717) is 0 Å². The average molecular weight is 289 g/mol. The number of hydrogen-bond acceptors (Lipinski definition) is 5. The normalized spacial score (nSPS) is 19.2. The molecule has 0 bridgehead atoms. The van der Waals surface area contributed by atoms with Crippen LogP contribution in [0, 0.1) is 13.8 Å². The summed E-state index contributed by atoms with van der Waals surface area (Å²) in [6, 6.07) is 6.73. The standard InChI is InChI=1S/C15H19N3OS/c1-10-5-11(2)7-12(6-10)8-14-17-15(19-18-14)13-9-20-4-3-16-13/h5-7,13,16H,3-4,8-9H2,1-2H3. The van der Waals surface area contributed by atoms with Crippen molar-refractivity contribution in [3.63, 3.8) is 0 Å². The van der Waals surface area contributed by atoms with Crippen LogP contribution in [0.1, 0.15) is 34.4 Å². The van der Waals surface area contributed by atoms with Gasteiger partial charge in [0.1, 0.15) is 0 Å². The summed E-state index contributed by atoms with van der Waals surface area (Å²) in [6.45, 7) is 5.23. The minimum atomic E-state index is 0.203. The summed E-state index contributed by atoms with van der Waals surface area (Å²) in [4.78, 5) is 4.53. The predicted octanol–water partition coefficient (Wildman–Crippen LogP) is 2.65. The van der Waals surface area contributed by atoms with Gasteiger partial charge in [-0.05, 0) is 19.4 Å². The Bertz CT molecular complexity index is 570. The van der Waals surface area contributed by atoms with Gasteiger partial charge in [0.05, 0.1) is 6.04 Å². The Hall–Kier alpha value is -1.33. The Labute approximate surface area is 123 Å². The zero-order valence-corrected chi connectivity index (χ0v) is 12.7. The van der Waals surface area contributed by atoms with Gasteiger partial charge in [0.15, 0.2) is 5.82 Å². The lowest BCUT2D eigenvalue weighted by atomic mass is 10.1. The van der Waals surface area contributed by atoms with Crippen LogP contribution in [0.4, 0.5) is 0 Å². The van der Waals surface area contributed by atoms with Crippen LogP contribution in [0.15, 0.2) is 22.7 Å². The molecule has 4 nitrogen and oxygen atoms in total. The molecule has 0 spiro atoms. The third kappa shape index (κ3) is 3.22. The van der Waals surface area contributed by atoms with Gasteiger partial charge in [-0.2, -0.15) is 16.7 Å². The van der Waals surface area contributed by atoms with Gasteiger partial charge in [-0.3, -0.25) is 0 Å². The van der Waals surface area contributed by atoms with Crippen molar-refractivity contribution in [2.75, 3.05) is 18.1 Å². The van der Waals surface area contributed by atoms with Crippen LogP contribution in [0.25, 0.3) is 0 Å². The van der Waals surface area contributed by atoms with Crippen molar-refractivity contribution >= 4 is 11.8 Å². The van der Waals surface area contributed by atoms with Crippen molar-refractivity contribution in [3.8, 4) is 0 Å². The Morgan fingerprint density at radius 2 is 2.10 bits per heavy atom. The summed E-state index contributed by atoms with van der Waals surface area (Å²) in [5.74, 6) is 3.64. The molecule has 1 aromatic carbocycles. The van der Waals surface area contributed by atoms with Crippen molar-refractivity contribution in [2.24, 2.45) is 0 Å². The van der Waals surface area contributed by atoms with E-state index in [-0.39, 0.29) is 6.04 Å². The van der Waals surface area contributed by atoms with Gasteiger partial charge in [0, 0.05) is 24.5 Å². The minimum absolute atomic E-state index is 0.203. The Kier molecular flexibility index (Phi) is 4.08. The molecule has 1 N–H and O–H groups in total. The van der Waals surface area contributed by atoms with Crippen molar-refractivity contribution in [1.82, 2.24) is 15.5 Å². The van der Waals surface area contributed by atoms with Crippen molar-refractivity contribution < 1.29 is 4.52 Å². The van der Waals surface area contributed by atoms with Crippen LogP contribution in [-0.2, 0) is 6.42 Å². The summed E-state index contributed by atoms with van der Waals surface area (Å²) >= 11 is 1.92. The van der Waals surface area contributed by atoms with Crippen LogP contribution < -0.4 is 5.32 Å². The molecule has 0 saturated carbocycles. The Morgan fingerprint density at radius 1 is 1.30 bits per heavy atom. The largest absolute Gasteiger partial charge is 0.338 e. The maximum atomic E-state index is 5.40. The zero-order valence-electron chi connectivity index (χ0n) is 11.8. The molecule has 0 amide bonds. The number of nitrogens with zero attached hydrogens (tertiary/aromatic N) is 2. The summed E-state index contributed by atoms with van der Waals surface area (Å²) in [6.07, 6.45) is 0.728. The van der Waals surface area contributed by atoms with Crippen LogP contribution in [-0.4, -0.2) is 28.2 Å². The fraction of sp³-hybridized carbons (Fsp3) is 0.467. The summed E-state index contributed by atoms with van der Waals surface area (Å²) < 4.78 is 5.40. The second-order valence-corrected chi connectivity index (χ2v) is 6.45. The lowest BCUT2D eigenvalue weighted by molar-refractivity contribution is 0.339. The topological polar surface area (TPSA) is 51.0 Å². The Morgan fingerprint density at radius 3 is 2.80 bits per heavy atom. The van der Waals surface area contributed by atoms with Gasteiger partial charge in [0.25, 0.3) is 0 Å².